The SMILES string of the molecule is C=CC(=O)N1CCN(c2c(OC)cnc3c(F)c(-c4c(C)ccc5c4C(=O)NC5)c(Cl)cc23)CC1. The van der Waals surface area contributed by atoms with Crippen LogP contribution in [0, 0.1) is 12.7 Å². The lowest BCUT2D eigenvalue weighted by atomic mass is 9.91. The van der Waals surface area contributed by atoms with E-state index in [1.54, 1.807) is 11.0 Å². The van der Waals surface area contributed by atoms with Gasteiger partial charge in [-0.25, -0.2) is 9.37 Å². The third-order valence-corrected chi connectivity index (χ3v) is 7.01. The van der Waals surface area contributed by atoms with Crippen molar-refractivity contribution >= 4 is 40.0 Å². The molecule has 9 heteroatoms. The smallest absolute Gasteiger partial charge is 0.252 e. The van der Waals surface area contributed by atoms with Gasteiger partial charge in [0.05, 0.1) is 29.6 Å². The summed E-state index contributed by atoms with van der Waals surface area (Å²) in [6, 6.07) is 5.43. The molecule has 0 radical (unpaired) electrons. The van der Waals surface area contributed by atoms with E-state index >= 15 is 4.39 Å². The number of halogens is 2. The highest BCUT2D eigenvalue weighted by Crippen LogP contribution is 2.44. The molecular formula is C26H24ClFN4O3. The molecule has 0 spiro atoms. The van der Waals surface area contributed by atoms with Crippen molar-refractivity contribution in [2.75, 3.05) is 38.2 Å². The minimum Gasteiger partial charge on any atom is -0.493 e. The second kappa shape index (κ2) is 8.85. The minimum absolute atomic E-state index is 0.121. The Morgan fingerprint density at radius 1 is 1.23 bits per heavy atom. The first-order valence-electron chi connectivity index (χ1n) is 11.3. The zero-order valence-electron chi connectivity index (χ0n) is 19.5. The molecule has 2 aliphatic rings. The summed E-state index contributed by atoms with van der Waals surface area (Å²) in [5, 5.41) is 3.50. The Bertz CT molecular complexity index is 1400. The van der Waals surface area contributed by atoms with Gasteiger partial charge in [-0.05, 0) is 30.2 Å². The van der Waals surface area contributed by atoms with Crippen LogP contribution in [0.2, 0.25) is 5.02 Å². The summed E-state index contributed by atoms with van der Waals surface area (Å²) in [5.74, 6) is -0.470. The number of piperazine rings is 1. The number of nitrogens with one attached hydrogen (secondary N) is 1. The molecular weight excluding hydrogens is 471 g/mol. The van der Waals surface area contributed by atoms with Crippen LogP contribution in [0.15, 0.2) is 37.1 Å². The summed E-state index contributed by atoms with van der Waals surface area (Å²) < 4.78 is 21.8. The van der Waals surface area contributed by atoms with Gasteiger partial charge in [-0.1, -0.05) is 30.3 Å². The Hall–Kier alpha value is -3.65. The molecule has 2 aliphatic heterocycles. The molecule has 7 nitrogen and oxygen atoms in total. The fourth-order valence-electron chi connectivity index (χ4n) is 4.96. The Morgan fingerprint density at radius 2 is 1.97 bits per heavy atom. The second-order valence-corrected chi connectivity index (χ2v) is 9.02. The first-order chi connectivity index (χ1) is 16.8. The Morgan fingerprint density at radius 3 is 2.66 bits per heavy atom. The molecule has 0 saturated carbocycles. The molecule has 2 aromatic carbocycles. The van der Waals surface area contributed by atoms with Crippen molar-refractivity contribution in [3.63, 3.8) is 0 Å². The van der Waals surface area contributed by atoms with E-state index in [1.807, 2.05) is 24.0 Å². The number of aromatic nitrogens is 1. The summed E-state index contributed by atoms with van der Waals surface area (Å²) in [5.41, 5.74) is 3.46. The number of fused-ring (bicyclic) bond motifs is 2. The Balaban J connectivity index is 1.67. The fourth-order valence-corrected chi connectivity index (χ4v) is 5.25. The van der Waals surface area contributed by atoms with Crippen LogP contribution in [-0.4, -0.2) is 55.0 Å². The molecule has 35 heavy (non-hydrogen) atoms. The van der Waals surface area contributed by atoms with Crippen LogP contribution in [0.5, 0.6) is 5.75 Å². The number of rotatable bonds is 4. The van der Waals surface area contributed by atoms with E-state index in [0.29, 0.717) is 60.7 Å². The summed E-state index contributed by atoms with van der Waals surface area (Å²) in [4.78, 5) is 32.7. The summed E-state index contributed by atoms with van der Waals surface area (Å²) >= 11 is 6.73. The van der Waals surface area contributed by atoms with Crippen LogP contribution in [0.1, 0.15) is 21.5 Å². The van der Waals surface area contributed by atoms with Crippen molar-refractivity contribution < 1.29 is 18.7 Å². The van der Waals surface area contributed by atoms with Gasteiger partial charge in [0, 0.05) is 49.2 Å². The summed E-state index contributed by atoms with van der Waals surface area (Å²) in [6.45, 7) is 7.83. The quantitative estimate of drug-likeness (QED) is 0.553. The number of hydrogen-bond acceptors (Lipinski definition) is 5. The molecule has 0 unspecified atom stereocenters. The molecule has 1 N–H and O–H groups in total. The predicted molar refractivity (Wildman–Crippen MR) is 134 cm³/mol. The van der Waals surface area contributed by atoms with Gasteiger partial charge in [-0.15, -0.1) is 0 Å². The van der Waals surface area contributed by atoms with Crippen LogP contribution in [0.3, 0.4) is 0 Å². The lowest BCUT2D eigenvalue weighted by Gasteiger charge is -2.36. The van der Waals surface area contributed by atoms with Gasteiger partial charge in [0.1, 0.15) is 5.52 Å². The van der Waals surface area contributed by atoms with E-state index in [-0.39, 0.29) is 27.9 Å². The van der Waals surface area contributed by atoms with E-state index in [9.17, 15) is 9.59 Å². The highest BCUT2D eigenvalue weighted by Gasteiger charge is 2.30. The predicted octanol–water partition coefficient (Wildman–Crippen LogP) is 4.09. The molecule has 1 saturated heterocycles. The number of ether oxygens (including phenoxy) is 1. The van der Waals surface area contributed by atoms with Crippen LogP contribution in [0.25, 0.3) is 22.0 Å². The maximum Gasteiger partial charge on any atom is 0.252 e. The number of methoxy groups -OCH3 is 1. The maximum absolute atomic E-state index is 16.2. The summed E-state index contributed by atoms with van der Waals surface area (Å²) in [7, 11) is 1.53. The van der Waals surface area contributed by atoms with Gasteiger partial charge in [-0.3, -0.25) is 9.59 Å². The average molecular weight is 495 g/mol. The first-order valence-corrected chi connectivity index (χ1v) is 11.7. The number of aryl methyl sites for hydroxylation is 1. The van der Waals surface area contributed by atoms with E-state index in [0.717, 1.165) is 11.1 Å². The molecule has 5 rings (SSSR count). The van der Waals surface area contributed by atoms with Gasteiger partial charge >= 0.3 is 0 Å². The number of anilines is 1. The van der Waals surface area contributed by atoms with Gasteiger partial charge in [0.2, 0.25) is 5.91 Å². The summed E-state index contributed by atoms with van der Waals surface area (Å²) in [6.07, 6.45) is 2.80. The third-order valence-electron chi connectivity index (χ3n) is 6.71. The number of nitrogens with zero attached hydrogens (tertiary/aromatic N) is 3. The lowest BCUT2D eigenvalue weighted by molar-refractivity contribution is -0.126. The largest absolute Gasteiger partial charge is 0.493 e. The Labute approximate surface area is 207 Å². The molecule has 2 amide bonds. The normalized spacial score (nSPS) is 15.3. The zero-order valence-corrected chi connectivity index (χ0v) is 20.2. The van der Waals surface area contributed by atoms with Crippen LogP contribution in [-0.2, 0) is 11.3 Å². The van der Waals surface area contributed by atoms with Gasteiger partial charge in [0.15, 0.2) is 11.6 Å². The molecule has 1 fully saturated rings. The standard InChI is InChI=1S/C26H24ClFN4O3/c1-4-19(33)31-7-9-32(10-8-31)25-16-11-17(27)22(23(28)24(16)29-13-18(25)35-3)20-14(2)5-6-15-12-30-26(34)21(15)20/h4-6,11,13H,1,7-10,12H2,2-3H3,(H,30,34). The number of pyridine rings is 1. The van der Waals surface area contributed by atoms with Crippen LogP contribution >= 0.6 is 11.6 Å². The van der Waals surface area contributed by atoms with Crippen molar-refractivity contribution in [1.29, 1.82) is 0 Å². The first kappa shape index (κ1) is 23.1. The number of amides is 2. The molecule has 0 bridgehead atoms. The second-order valence-electron chi connectivity index (χ2n) is 8.61. The molecule has 1 aromatic heterocycles. The van der Waals surface area contributed by atoms with Crippen LogP contribution in [0.4, 0.5) is 10.1 Å². The van der Waals surface area contributed by atoms with Gasteiger partial charge in [-0.2, -0.15) is 0 Å². The van der Waals surface area contributed by atoms with Crippen molar-refractivity contribution in [1.82, 2.24) is 15.2 Å². The minimum atomic E-state index is -0.590. The van der Waals surface area contributed by atoms with Crippen molar-refractivity contribution in [2.45, 2.75) is 13.5 Å². The number of hydrogen-bond donors (Lipinski definition) is 1. The molecule has 180 valence electrons. The third kappa shape index (κ3) is 3.69. The average Bonchev–Trinajstić information content (AvgIpc) is 3.24. The van der Waals surface area contributed by atoms with E-state index in [2.05, 4.69) is 16.9 Å². The number of benzene rings is 2. The van der Waals surface area contributed by atoms with E-state index in [4.69, 9.17) is 16.3 Å². The monoisotopic (exact) mass is 494 g/mol. The Kier molecular flexibility index (Phi) is 5.84. The van der Waals surface area contributed by atoms with Crippen molar-refractivity contribution in [3.8, 4) is 16.9 Å². The zero-order chi connectivity index (χ0) is 24.9. The molecule has 0 atom stereocenters. The van der Waals surface area contributed by atoms with Crippen LogP contribution < -0.4 is 15.0 Å². The van der Waals surface area contributed by atoms with Crippen molar-refractivity contribution in [3.05, 3.63) is 64.6 Å². The van der Waals surface area contributed by atoms with E-state index < -0.39 is 5.82 Å². The molecule has 3 aromatic rings. The number of carbonyl (C=O) groups is 2. The fraction of sp³-hybridized carbons (Fsp3) is 0.269. The van der Waals surface area contributed by atoms with Gasteiger partial charge < -0.3 is 19.9 Å². The topological polar surface area (TPSA) is 74.8 Å². The molecule has 3 heterocycles. The van der Waals surface area contributed by atoms with E-state index in [1.165, 1.54) is 19.4 Å². The molecule has 0 aliphatic carbocycles. The van der Waals surface area contributed by atoms with Crippen molar-refractivity contribution in [2.24, 2.45) is 0 Å². The number of carbonyl (C=O) groups excluding carboxylic acids is 2. The highest BCUT2D eigenvalue weighted by atomic mass is 35.5. The lowest BCUT2D eigenvalue weighted by Crippen LogP contribution is -2.48. The maximum atomic E-state index is 16.2. The van der Waals surface area contributed by atoms with Gasteiger partial charge in [0.25, 0.3) is 5.91 Å². The highest BCUT2D eigenvalue weighted by molar-refractivity contribution is 6.35.